The highest BCUT2D eigenvalue weighted by atomic mass is 28.3. The third-order valence-electron chi connectivity index (χ3n) is 21.7. The molecule has 0 heterocycles. The van der Waals surface area contributed by atoms with E-state index in [1.54, 1.807) is 0 Å². The van der Waals surface area contributed by atoms with E-state index in [9.17, 15) is 0 Å². The molecular formula is C96H62Si. The SMILES string of the molecule is C1=CCc2c(c(-c3ccc4cc5ccccc5cc4c3)c3ccccc3c2-c2c3ccccc3c([Si](c3ccccc3)(c3ccccc3)c3c4ccccc4c(-c4c5ccccc5c(-c5ccc6cc7ccccc7cc6c5)c5ccccc45)c4ccccc34)c3ccccc23)C1. The third-order valence-corrected chi connectivity index (χ3v) is 26.7. The van der Waals surface area contributed by atoms with Crippen LogP contribution in [0.2, 0.25) is 0 Å². The van der Waals surface area contributed by atoms with Gasteiger partial charge < -0.3 is 0 Å². The summed E-state index contributed by atoms with van der Waals surface area (Å²) in [7, 11) is -3.59. The fourth-order valence-electron chi connectivity index (χ4n) is 17.8. The summed E-state index contributed by atoms with van der Waals surface area (Å²) in [5, 5.41) is 33.3. The molecule has 0 fully saturated rings. The third kappa shape index (κ3) is 8.35. The van der Waals surface area contributed by atoms with Crippen molar-refractivity contribution in [1.29, 1.82) is 0 Å². The number of rotatable bonds is 8. The molecule has 0 N–H and O–H groups in total. The average molecular weight is 1240 g/mol. The zero-order chi connectivity index (χ0) is 63.7. The van der Waals surface area contributed by atoms with Gasteiger partial charge in [-0.2, -0.15) is 0 Å². The molecule has 0 radical (unpaired) electrons. The molecule has 0 saturated heterocycles. The van der Waals surface area contributed by atoms with Crippen molar-refractivity contribution in [2.24, 2.45) is 0 Å². The lowest BCUT2D eigenvalue weighted by molar-refractivity contribution is 1.11. The Bertz CT molecular complexity index is 6340. The summed E-state index contributed by atoms with van der Waals surface area (Å²) in [6, 6.07) is 130. The van der Waals surface area contributed by atoms with Crippen LogP contribution in [0.15, 0.2) is 352 Å². The maximum atomic E-state index is 2.48. The Morgan fingerprint density at radius 2 is 0.423 bits per heavy atom. The second kappa shape index (κ2) is 22.0. The van der Waals surface area contributed by atoms with Gasteiger partial charge in [0.15, 0.2) is 8.07 Å². The predicted octanol–water partition coefficient (Wildman–Crippen LogP) is 23.1. The summed E-state index contributed by atoms with van der Waals surface area (Å²) < 4.78 is 0. The molecule has 0 saturated carbocycles. The Hall–Kier alpha value is -12.0. The molecule has 450 valence electrons. The van der Waals surface area contributed by atoms with Crippen molar-refractivity contribution >= 4 is 147 Å². The second-order valence-corrected chi connectivity index (χ2v) is 30.3. The van der Waals surface area contributed by atoms with E-state index in [1.807, 2.05) is 0 Å². The van der Waals surface area contributed by atoms with E-state index in [4.69, 9.17) is 0 Å². The molecule has 0 spiro atoms. The quantitative estimate of drug-likeness (QED) is 0.0616. The van der Waals surface area contributed by atoms with E-state index in [1.165, 1.54) is 195 Å². The van der Waals surface area contributed by atoms with E-state index in [-0.39, 0.29) is 0 Å². The van der Waals surface area contributed by atoms with E-state index in [0.29, 0.717) is 0 Å². The van der Waals surface area contributed by atoms with Crippen LogP contribution in [0, 0.1) is 0 Å². The van der Waals surface area contributed by atoms with E-state index < -0.39 is 8.07 Å². The first kappa shape index (κ1) is 55.4. The van der Waals surface area contributed by atoms with Gasteiger partial charge in [-0.05, 0) is 244 Å². The van der Waals surface area contributed by atoms with Crippen molar-refractivity contribution in [3.8, 4) is 44.5 Å². The molecule has 0 nitrogen and oxygen atoms in total. The molecule has 0 bridgehead atoms. The van der Waals surface area contributed by atoms with Crippen LogP contribution in [-0.4, -0.2) is 8.07 Å². The normalized spacial score (nSPS) is 12.6. The van der Waals surface area contributed by atoms with Gasteiger partial charge in [0.25, 0.3) is 0 Å². The molecule has 1 heteroatoms. The van der Waals surface area contributed by atoms with E-state index in [0.717, 1.165) is 12.8 Å². The van der Waals surface area contributed by atoms with Gasteiger partial charge in [-0.1, -0.05) is 315 Å². The number of benzene rings is 19. The van der Waals surface area contributed by atoms with Crippen molar-refractivity contribution in [3.63, 3.8) is 0 Å². The summed E-state index contributed by atoms with van der Waals surface area (Å²) in [6.45, 7) is 0. The number of hydrogen-bond acceptors (Lipinski definition) is 0. The molecule has 0 aromatic heterocycles. The Balaban J connectivity index is 0.891. The Kier molecular flexibility index (Phi) is 12.6. The van der Waals surface area contributed by atoms with Gasteiger partial charge >= 0.3 is 0 Å². The lowest BCUT2D eigenvalue weighted by Crippen LogP contribution is -2.75. The maximum absolute atomic E-state index is 3.59. The predicted molar refractivity (Wildman–Crippen MR) is 421 cm³/mol. The van der Waals surface area contributed by atoms with Gasteiger partial charge in [0.2, 0.25) is 0 Å². The molecule has 19 aromatic rings. The highest BCUT2D eigenvalue weighted by molar-refractivity contribution is 7.23. The van der Waals surface area contributed by atoms with Crippen LogP contribution in [0.5, 0.6) is 0 Å². The molecule has 20 rings (SSSR count). The molecular weight excluding hydrogens is 1180 g/mol. The van der Waals surface area contributed by atoms with Crippen LogP contribution in [0.3, 0.4) is 0 Å². The second-order valence-electron chi connectivity index (χ2n) is 26.7. The summed E-state index contributed by atoms with van der Waals surface area (Å²) in [5.41, 5.74) is 13.1. The highest BCUT2D eigenvalue weighted by Gasteiger charge is 2.47. The minimum atomic E-state index is -3.59. The van der Waals surface area contributed by atoms with E-state index in [2.05, 4.69) is 352 Å². The summed E-state index contributed by atoms with van der Waals surface area (Å²) in [4.78, 5) is 0. The molecule has 0 atom stereocenters. The summed E-state index contributed by atoms with van der Waals surface area (Å²) >= 11 is 0. The molecule has 1 aliphatic rings. The van der Waals surface area contributed by atoms with E-state index >= 15 is 0 Å². The smallest absolute Gasteiger partial charge is 0.0838 e. The summed E-state index contributed by atoms with van der Waals surface area (Å²) in [6.07, 6.45) is 6.53. The van der Waals surface area contributed by atoms with Gasteiger partial charge in [-0.25, -0.2) is 0 Å². The van der Waals surface area contributed by atoms with Crippen LogP contribution < -0.4 is 20.7 Å². The lowest BCUT2D eigenvalue weighted by atomic mass is 9.78. The first-order chi connectivity index (χ1) is 48.2. The minimum Gasteiger partial charge on any atom is -0.0838 e. The standard InChI is InChI=1S/C96H62Si/c1-3-31-71(32-4-1)97(72-33-5-2-6-34-72,95-85-47-23-19-43-81(85)93(82-44-20-24-48-86(82)95)91-77-39-15-11-35-73(77)89(74-36-12-16-40-78(74)91)67-53-51-65-55-61-27-7-9-29-63(61)57-69(65)59-67)96-87-49-25-21-45-83(87)94(84-46-22-26-50-88(84)96)92-79-41-17-13-37-75(79)90(76-38-14-18-42-80(76)92)68-54-52-66-56-62-28-8-10-30-64(62)58-70(66)60-68/h1-37,39-41,43-60H,38,42H2. The molecule has 0 aliphatic heterocycles. The van der Waals surface area contributed by atoms with Crippen molar-refractivity contribution in [1.82, 2.24) is 0 Å². The largest absolute Gasteiger partial charge is 0.182 e. The van der Waals surface area contributed by atoms with Crippen molar-refractivity contribution < 1.29 is 0 Å². The van der Waals surface area contributed by atoms with Gasteiger partial charge in [0, 0.05) is 0 Å². The first-order valence-electron chi connectivity index (χ1n) is 34.2. The van der Waals surface area contributed by atoms with Crippen molar-refractivity contribution in [2.75, 3.05) is 0 Å². The van der Waals surface area contributed by atoms with Crippen LogP contribution in [0.4, 0.5) is 0 Å². The first-order valence-corrected chi connectivity index (χ1v) is 36.2. The zero-order valence-corrected chi connectivity index (χ0v) is 54.4. The lowest BCUT2D eigenvalue weighted by Gasteiger charge is -2.39. The van der Waals surface area contributed by atoms with Crippen LogP contribution in [-0.2, 0) is 12.8 Å². The summed E-state index contributed by atoms with van der Waals surface area (Å²) in [5.74, 6) is 0. The van der Waals surface area contributed by atoms with Crippen molar-refractivity contribution in [2.45, 2.75) is 12.8 Å². The van der Waals surface area contributed by atoms with Crippen LogP contribution in [0.1, 0.15) is 11.1 Å². The van der Waals surface area contributed by atoms with Gasteiger partial charge in [0.05, 0.1) is 0 Å². The maximum Gasteiger partial charge on any atom is 0.182 e. The average Bonchev–Trinajstić information content (AvgIpc) is 0.682. The molecule has 97 heavy (non-hydrogen) atoms. The number of hydrogen-bond donors (Lipinski definition) is 0. The van der Waals surface area contributed by atoms with Gasteiger partial charge in [-0.3, -0.25) is 0 Å². The Morgan fingerprint density at radius 3 is 0.794 bits per heavy atom. The monoisotopic (exact) mass is 1240 g/mol. The zero-order valence-electron chi connectivity index (χ0n) is 53.4. The number of allylic oxidation sites excluding steroid dienone is 2. The fourth-order valence-corrected chi connectivity index (χ4v) is 23.4. The van der Waals surface area contributed by atoms with Crippen LogP contribution in [0.25, 0.3) is 163 Å². The highest BCUT2D eigenvalue weighted by Crippen LogP contribution is 2.51. The number of fused-ring (bicyclic) bond motifs is 12. The van der Waals surface area contributed by atoms with Gasteiger partial charge in [-0.15, -0.1) is 0 Å². The topological polar surface area (TPSA) is 0 Å². The van der Waals surface area contributed by atoms with Crippen molar-refractivity contribution in [3.05, 3.63) is 363 Å². The minimum absolute atomic E-state index is 0.844. The molecule has 0 amide bonds. The fraction of sp³-hybridized carbons (Fsp3) is 0.0208. The molecule has 1 aliphatic carbocycles. The van der Waals surface area contributed by atoms with Crippen LogP contribution >= 0.6 is 0 Å². The molecule has 0 unspecified atom stereocenters. The molecule has 19 aromatic carbocycles. The Morgan fingerprint density at radius 1 is 0.175 bits per heavy atom. The van der Waals surface area contributed by atoms with Gasteiger partial charge in [0.1, 0.15) is 0 Å². The Labute approximate surface area is 563 Å².